The van der Waals surface area contributed by atoms with E-state index in [1.54, 1.807) is 0 Å². The van der Waals surface area contributed by atoms with Gasteiger partial charge in [0.1, 0.15) is 0 Å². The molecule has 92 valence electrons. The molecule has 0 saturated heterocycles. The molecule has 0 aliphatic carbocycles. The third kappa shape index (κ3) is 4.41. The zero-order chi connectivity index (χ0) is 12.7. The highest BCUT2D eigenvalue weighted by atomic mass is 16.3. The normalized spacial score (nSPS) is 11.4. The number of aliphatic hydroxyl groups excluding tert-OH is 1. The number of hydrogen-bond acceptors (Lipinski definition) is 2. The first kappa shape index (κ1) is 13.5. The molecule has 2 N–H and O–H groups in total. The van der Waals surface area contributed by atoms with Gasteiger partial charge in [0.2, 0.25) is 5.91 Å². The maximum Gasteiger partial charge on any atom is 0.246 e. The molecule has 0 spiro atoms. The van der Waals surface area contributed by atoms with Gasteiger partial charge in [0.25, 0.3) is 0 Å². The topological polar surface area (TPSA) is 49.3 Å². The summed E-state index contributed by atoms with van der Waals surface area (Å²) in [4.78, 5) is 11.6. The number of rotatable bonds is 5. The second-order valence-corrected chi connectivity index (χ2v) is 3.95. The number of carbonyl (C=O) groups is 1. The zero-order valence-corrected chi connectivity index (χ0v) is 10.4. The Kier molecular flexibility index (Phi) is 5.43. The second kappa shape index (κ2) is 6.86. The lowest BCUT2D eigenvalue weighted by Crippen LogP contribution is -2.23. The number of benzene rings is 1. The van der Waals surface area contributed by atoms with Crippen molar-refractivity contribution in [2.45, 2.75) is 33.4 Å². The highest BCUT2D eigenvalue weighted by Crippen LogP contribution is 2.04. The number of amides is 1. The first-order valence-electron chi connectivity index (χ1n) is 5.81. The van der Waals surface area contributed by atoms with Crippen LogP contribution in [0.25, 0.3) is 0 Å². The maximum atomic E-state index is 11.6. The quantitative estimate of drug-likeness (QED) is 0.766. The largest absolute Gasteiger partial charge is 0.392 e. The van der Waals surface area contributed by atoms with Crippen molar-refractivity contribution >= 4 is 5.91 Å². The van der Waals surface area contributed by atoms with Crippen LogP contribution in [0.1, 0.15) is 31.4 Å². The van der Waals surface area contributed by atoms with E-state index in [1.807, 2.05) is 44.2 Å². The van der Waals surface area contributed by atoms with E-state index in [0.717, 1.165) is 23.1 Å². The average Bonchev–Trinajstić information content (AvgIpc) is 2.36. The summed E-state index contributed by atoms with van der Waals surface area (Å²) in [5.74, 6) is -0.0296. The van der Waals surface area contributed by atoms with E-state index in [-0.39, 0.29) is 12.5 Å². The molecule has 0 saturated carbocycles. The minimum absolute atomic E-state index is 0.0296. The lowest BCUT2D eigenvalue weighted by atomic mass is 10.1. The molecule has 0 bridgehead atoms. The second-order valence-electron chi connectivity index (χ2n) is 3.95. The molecule has 3 heteroatoms. The van der Waals surface area contributed by atoms with Crippen molar-refractivity contribution in [2.24, 2.45) is 0 Å². The lowest BCUT2D eigenvalue weighted by molar-refractivity contribution is -0.117. The first-order valence-corrected chi connectivity index (χ1v) is 5.81. The number of allylic oxidation sites excluding steroid dienone is 1. The summed E-state index contributed by atoms with van der Waals surface area (Å²) in [5.41, 5.74) is 2.65. The fourth-order valence-electron chi connectivity index (χ4n) is 1.48. The van der Waals surface area contributed by atoms with E-state index in [0.29, 0.717) is 6.54 Å². The van der Waals surface area contributed by atoms with Crippen LogP contribution in [0.5, 0.6) is 0 Å². The molecule has 17 heavy (non-hydrogen) atoms. The van der Waals surface area contributed by atoms with Crippen molar-refractivity contribution in [3.63, 3.8) is 0 Å². The van der Waals surface area contributed by atoms with Crippen LogP contribution < -0.4 is 5.32 Å². The molecule has 1 rings (SSSR count). The summed E-state index contributed by atoms with van der Waals surface area (Å²) in [5, 5.41) is 11.8. The monoisotopic (exact) mass is 233 g/mol. The van der Waals surface area contributed by atoms with E-state index in [2.05, 4.69) is 5.32 Å². The first-order chi connectivity index (χ1) is 8.17. The van der Waals surface area contributed by atoms with Gasteiger partial charge in [-0.3, -0.25) is 4.79 Å². The van der Waals surface area contributed by atoms with Crippen molar-refractivity contribution in [1.29, 1.82) is 0 Å². The summed E-state index contributed by atoms with van der Waals surface area (Å²) >= 11 is 0. The highest BCUT2D eigenvalue weighted by Gasteiger charge is 2.02. The van der Waals surface area contributed by atoms with E-state index in [1.165, 1.54) is 0 Å². The predicted octanol–water partition coefficient (Wildman–Crippen LogP) is 2.15. The van der Waals surface area contributed by atoms with E-state index >= 15 is 0 Å². The average molecular weight is 233 g/mol. The van der Waals surface area contributed by atoms with Crippen molar-refractivity contribution in [1.82, 2.24) is 5.32 Å². The van der Waals surface area contributed by atoms with Crippen LogP contribution in [0.4, 0.5) is 0 Å². The highest BCUT2D eigenvalue weighted by molar-refractivity contribution is 5.92. The Balaban J connectivity index is 2.50. The third-order valence-electron chi connectivity index (χ3n) is 2.53. The molecule has 3 nitrogen and oxygen atoms in total. The molecule has 1 amide bonds. The lowest BCUT2D eigenvalue weighted by Gasteiger charge is -2.06. The molecule has 1 aromatic rings. The molecule has 0 atom stereocenters. The van der Waals surface area contributed by atoms with Gasteiger partial charge >= 0.3 is 0 Å². The summed E-state index contributed by atoms with van der Waals surface area (Å²) in [6.07, 6.45) is 2.77. The van der Waals surface area contributed by atoms with Crippen LogP contribution in [0.15, 0.2) is 35.9 Å². The number of carbonyl (C=O) groups excluding carboxylic acids is 1. The summed E-state index contributed by atoms with van der Waals surface area (Å²) in [7, 11) is 0. The Morgan fingerprint density at radius 1 is 1.29 bits per heavy atom. The predicted molar refractivity (Wildman–Crippen MR) is 68.3 cm³/mol. The molecular formula is C14H19NO2. The van der Waals surface area contributed by atoms with E-state index in [9.17, 15) is 4.79 Å². The molecule has 0 aliphatic rings. The van der Waals surface area contributed by atoms with Gasteiger partial charge in [0.15, 0.2) is 0 Å². The van der Waals surface area contributed by atoms with Crippen LogP contribution in [0.2, 0.25) is 0 Å². The molecule has 1 aromatic carbocycles. The summed E-state index contributed by atoms with van der Waals surface area (Å²) in [6, 6.07) is 7.53. The van der Waals surface area contributed by atoms with Gasteiger partial charge in [-0.05, 0) is 24.5 Å². The Hall–Kier alpha value is -1.61. The van der Waals surface area contributed by atoms with Crippen molar-refractivity contribution < 1.29 is 9.90 Å². The fourth-order valence-corrected chi connectivity index (χ4v) is 1.48. The van der Waals surface area contributed by atoms with Crippen molar-refractivity contribution in [3.8, 4) is 0 Å². The van der Waals surface area contributed by atoms with Gasteiger partial charge in [-0.1, -0.05) is 37.3 Å². The molecule has 0 fully saturated rings. The Morgan fingerprint density at radius 2 is 1.88 bits per heavy atom. The smallest absolute Gasteiger partial charge is 0.246 e. The number of nitrogens with one attached hydrogen (secondary N) is 1. The van der Waals surface area contributed by atoms with Gasteiger partial charge < -0.3 is 10.4 Å². The molecule has 0 aromatic heterocycles. The van der Waals surface area contributed by atoms with Gasteiger partial charge in [-0.2, -0.15) is 0 Å². The number of aliphatic hydroxyl groups is 1. The standard InChI is InChI=1S/C14H19NO2/c1-3-4-11(2)14(17)15-9-12-5-7-13(10-16)8-6-12/h4-8,16H,3,9-10H2,1-2H3,(H,15,17)/b11-4-. The molecule has 0 radical (unpaired) electrons. The Morgan fingerprint density at radius 3 is 2.41 bits per heavy atom. The van der Waals surface area contributed by atoms with Crippen LogP contribution >= 0.6 is 0 Å². The van der Waals surface area contributed by atoms with Crippen LogP contribution in [0.3, 0.4) is 0 Å². The van der Waals surface area contributed by atoms with Gasteiger partial charge in [0.05, 0.1) is 6.61 Å². The van der Waals surface area contributed by atoms with Crippen molar-refractivity contribution in [3.05, 3.63) is 47.0 Å². The zero-order valence-electron chi connectivity index (χ0n) is 10.4. The van der Waals surface area contributed by atoms with Crippen LogP contribution in [0, 0.1) is 0 Å². The number of hydrogen-bond donors (Lipinski definition) is 2. The van der Waals surface area contributed by atoms with Gasteiger partial charge in [-0.15, -0.1) is 0 Å². The van der Waals surface area contributed by atoms with Crippen LogP contribution in [-0.4, -0.2) is 11.0 Å². The van der Waals surface area contributed by atoms with E-state index in [4.69, 9.17) is 5.11 Å². The maximum absolute atomic E-state index is 11.6. The Labute approximate surface area is 102 Å². The molecular weight excluding hydrogens is 214 g/mol. The summed E-state index contributed by atoms with van der Waals surface area (Å²) < 4.78 is 0. The van der Waals surface area contributed by atoms with Crippen molar-refractivity contribution in [2.75, 3.05) is 0 Å². The van der Waals surface area contributed by atoms with Gasteiger partial charge in [-0.25, -0.2) is 0 Å². The minimum atomic E-state index is -0.0296. The van der Waals surface area contributed by atoms with Crippen LogP contribution in [-0.2, 0) is 17.9 Å². The third-order valence-corrected chi connectivity index (χ3v) is 2.53. The SMILES string of the molecule is CC/C=C(/C)C(=O)NCc1ccc(CO)cc1. The molecule has 0 aliphatic heterocycles. The van der Waals surface area contributed by atoms with E-state index < -0.39 is 0 Å². The summed E-state index contributed by atoms with van der Waals surface area (Å²) in [6.45, 7) is 4.38. The Bertz CT molecular complexity index is 393. The van der Waals surface area contributed by atoms with Gasteiger partial charge in [0, 0.05) is 12.1 Å². The molecule has 0 unspecified atom stereocenters. The molecule has 0 heterocycles. The fraction of sp³-hybridized carbons (Fsp3) is 0.357. The minimum Gasteiger partial charge on any atom is -0.392 e.